The van der Waals surface area contributed by atoms with E-state index in [0.29, 0.717) is 21.9 Å². The number of aromatic nitrogens is 3. The van der Waals surface area contributed by atoms with E-state index in [4.69, 9.17) is 0 Å². The molecule has 0 saturated carbocycles. The number of fused-ring (bicyclic) bond motifs is 1. The van der Waals surface area contributed by atoms with E-state index in [-0.39, 0.29) is 5.56 Å². The first kappa shape index (κ1) is 13.3. The minimum absolute atomic E-state index is 0.112. The van der Waals surface area contributed by atoms with Crippen LogP contribution in [0.3, 0.4) is 0 Å². The Morgan fingerprint density at radius 2 is 2.10 bits per heavy atom. The first-order valence-electron chi connectivity index (χ1n) is 5.88. The fraction of sp³-hybridized carbons (Fsp3) is 0.0714. The van der Waals surface area contributed by atoms with Crippen molar-refractivity contribution in [3.05, 3.63) is 57.4 Å². The van der Waals surface area contributed by atoms with Crippen molar-refractivity contribution in [3.63, 3.8) is 0 Å². The molecule has 100 valence electrons. The van der Waals surface area contributed by atoms with Gasteiger partial charge in [-0.2, -0.15) is 0 Å². The molecule has 0 spiro atoms. The largest absolute Gasteiger partial charge is 0.268 e. The van der Waals surface area contributed by atoms with Gasteiger partial charge in [-0.05, 0) is 36.6 Å². The molecule has 1 aromatic carbocycles. The maximum absolute atomic E-state index is 12.7. The highest BCUT2D eigenvalue weighted by molar-refractivity contribution is 9.10. The van der Waals surface area contributed by atoms with Gasteiger partial charge < -0.3 is 0 Å². The van der Waals surface area contributed by atoms with E-state index in [9.17, 15) is 4.79 Å². The quantitative estimate of drug-likeness (QED) is 0.527. The third-order valence-corrected chi connectivity index (χ3v) is 3.99. The molecule has 0 radical (unpaired) electrons. The average molecular weight is 348 g/mol. The van der Waals surface area contributed by atoms with Crippen molar-refractivity contribution >= 4 is 38.6 Å². The Morgan fingerprint density at radius 3 is 2.80 bits per heavy atom. The lowest BCUT2D eigenvalue weighted by Gasteiger charge is -2.10. The molecule has 3 rings (SSSR count). The maximum atomic E-state index is 12.7. The summed E-state index contributed by atoms with van der Waals surface area (Å²) in [5, 5.41) is 1.20. The zero-order chi connectivity index (χ0) is 14.1. The molecule has 4 nitrogen and oxygen atoms in total. The van der Waals surface area contributed by atoms with Gasteiger partial charge in [0.15, 0.2) is 5.16 Å². The summed E-state index contributed by atoms with van der Waals surface area (Å²) in [5.74, 6) is 0.580. The third-order valence-electron chi connectivity index (χ3n) is 2.86. The SMILES string of the molecule is CSc1nc2ccc(Br)cc2c(=O)n1-c1ccccn1. The summed E-state index contributed by atoms with van der Waals surface area (Å²) in [6.07, 6.45) is 3.56. The molecular formula is C14H10BrN3OS. The fourth-order valence-corrected chi connectivity index (χ4v) is 2.87. The smallest absolute Gasteiger partial charge is 0.267 e. The molecule has 2 aromatic heterocycles. The second-order valence-electron chi connectivity index (χ2n) is 4.09. The monoisotopic (exact) mass is 347 g/mol. The van der Waals surface area contributed by atoms with Crippen LogP contribution >= 0.6 is 27.7 Å². The van der Waals surface area contributed by atoms with Crippen LogP contribution in [0.5, 0.6) is 0 Å². The molecular weight excluding hydrogens is 338 g/mol. The molecule has 20 heavy (non-hydrogen) atoms. The van der Waals surface area contributed by atoms with E-state index in [1.807, 2.05) is 30.5 Å². The Balaban J connectivity index is 2.41. The Kier molecular flexibility index (Phi) is 3.58. The molecule has 0 unspecified atom stereocenters. The number of rotatable bonds is 2. The summed E-state index contributed by atoms with van der Waals surface area (Å²) in [4.78, 5) is 21.5. The minimum Gasteiger partial charge on any atom is -0.268 e. The second kappa shape index (κ2) is 5.38. The molecule has 2 heterocycles. The van der Waals surface area contributed by atoms with Crippen molar-refractivity contribution in [1.82, 2.24) is 14.5 Å². The molecule has 0 saturated heterocycles. The van der Waals surface area contributed by atoms with Crippen molar-refractivity contribution in [2.24, 2.45) is 0 Å². The van der Waals surface area contributed by atoms with Crippen molar-refractivity contribution in [3.8, 4) is 5.82 Å². The van der Waals surface area contributed by atoms with Crippen LogP contribution in [0.2, 0.25) is 0 Å². The molecule has 0 aliphatic rings. The lowest BCUT2D eigenvalue weighted by Crippen LogP contribution is -2.22. The molecule has 0 bridgehead atoms. The predicted octanol–water partition coefficient (Wildman–Crippen LogP) is 3.27. The van der Waals surface area contributed by atoms with Crippen LogP contribution in [0.15, 0.2) is 57.0 Å². The molecule has 0 N–H and O–H groups in total. The van der Waals surface area contributed by atoms with Gasteiger partial charge in [-0.15, -0.1) is 0 Å². The normalized spacial score (nSPS) is 10.9. The highest BCUT2D eigenvalue weighted by Crippen LogP contribution is 2.20. The van der Waals surface area contributed by atoms with Crippen LogP contribution < -0.4 is 5.56 Å². The average Bonchev–Trinajstić information content (AvgIpc) is 2.48. The number of halogens is 1. The summed E-state index contributed by atoms with van der Waals surface area (Å²) < 4.78 is 2.40. The van der Waals surface area contributed by atoms with Gasteiger partial charge in [-0.3, -0.25) is 4.79 Å². The summed E-state index contributed by atoms with van der Waals surface area (Å²) in [7, 11) is 0. The van der Waals surface area contributed by atoms with Gasteiger partial charge >= 0.3 is 0 Å². The van der Waals surface area contributed by atoms with Gasteiger partial charge in [-0.25, -0.2) is 14.5 Å². The lowest BCUT2D eigenvalue weighted by molar-refractivity contribution is 0.797. The number of thioether (sulfide) groups is 1. The Hall–Kier alpha value is -1.66. The zero-order valence-electron chi connectivity index (χ0n) is 10.6. The van der Waals surface area contributed by atoms with Crippen LogP contribution in [-0.2, 0) is 0 Å². The van der Waals surface area contributed by atoms with E-state index in [1.54, 1.807) is 22.9 Å². The van der Waals surface area contributed by atoms with Gasteiger partial charge in [-0.1, -0.05) is 33.8 Å². The standard InChI is InChI=1S/C14H10BrN3OS/c1-20-14-17-11-6-5-9(15)8-10(11)13(19)18(14)12-4-2-3-7-16-12/h2-8H,1H3. The molecule has 0 aliphatic heterocycles. The van der Waals surface area contributed by atoms with Crippen molar-refractivity contribution in [2.45, 2.75) is 5.16 Å². The molecule has 0 amide bonds. The van der Waals surface area contributed by atoms with E-state index in [1.165, 1.54) is 11.8 Å². The molecule has 0 fully saturated rings. The van der Waals surface area contributed by atoms with Gasteiger partial charge in [0, 0.05) is 10.7 Å². The number of nitrogens with zero attached hydrogens (tertiary/aromatic N) is 3. The van der Waals surface area contributed by atoms with Gasteiger partial charge in [0.05, 0.1) is 10.9 Å². The number of hydrogen-bond acceptors (Lipinski definition) is 4. The van der Waals surface area contributed by atoms with E-state index >= 15 is 0 Å². The van der Waals surface area contributed by atoms with E-state index in [0.717, 1.165) is 4.47 Å². The highest BCUT2D eigenvalue weighted by Gasteiger charge is 2.12. The summed E-state index contributed by atoms with van der Waals surface area (Å²) in [5.41, 5.74) is 0.578. The minimum atomic E-state index is -0.112. The predicted molar refractivity (Wildman–Crippen MR) is 84.6 cm³/mol. The first-order chi connectivity index (χ1) is 9.70. The first-order valence-corrected chi connectivity index (χ1v) is 7.90. The summed E-state index contributed by atoms with van der Waals surface area (Å²) in [6, 6.07) is 11.0. The van der Waals surface area contributed by atoms with Gasteiger partial charge in [0.2, 0.25) is 0 Å². The van der Waals surface area contributed by atoms with Crippen LogP contribution in [0.25, 0.3) is 16.7 Å². The fourth-order valence-electron chi connectivity index (χ4n) is 1.96. The second-order valence-corrected chi connectivity index (χ2v) is 5.78. The summed E-state index contributed by atoms with van der Waals surface area (Å²) >= 11 is 4.81. The van der Waals surface area contributed by atoms with E-state index in [2.05, 4.69) is 25.9 Å². The van der Waals surface area contributed by atoms with Gasteiger partial charge in [0.25, 0.3) is 5.56 Å². The molecule has 0 aliphatic carbocycles. The van der Waals surface area contributed by atoms with Crippen molar-refractivity contribution < 1.29 is 0 Å². The highest BCUT2D eigenvalue weighted by atomic mass is 79.9. The Bertz CT molecular complexity index is 833. The number of benzene rings is 1. The molecule has 0 atom stereocenters. The van der Waals surface area contributed by atoms with Crippen LogP contribution in [-0.4, -0.2) is 20.8 Å². The Labute approximate surface area is 128 Å². The number of hydrogen-bond donors (Lipinski definition) is 0. The maximum Gasteiger partial charge on any atom is 0.267 e. The third kappa shape index (κ3) is 2.25. The Morgan fingerprint density at radius 1 is 1.25 bits per heavy atom. The zero-order valence-corrected chi connectivity index (χ0v) is 13.0. The van der Waals surface area contributed by atoms with Crippen LogP contribution in [0.1, 0.15) is 0 Å². The van der Waals surface area contributed by atoms with E-state index < -0.39 is 0 Å². The van der Waals surface area contributed by atoms with Crippen LogP contribution in [0, 0.1) is 0 Å². The summed E-state index contributed by atoms with van der Waals surface area (Å²) in [6.45, 7) is 0. The lowest BCUT2D eigenvalue weighted by atomic mass is 10.2. The van der Waals surface area contributed by atoms with Gasteiger partial charge in [0.1, 0.15) is 5.82 Å². The number of pyridine rings is 1. The molecule has 3 aromatic rings. The van der Waals surface area contributed by atoms with Crippen molar-refractivity contribution in [1.29, 1.82) is 0 Å². The van der Waals surface area contributed by atoms with Crippen LogP contribution in [0.4, 0.5) is 0 Å². The molecule has 6 heteroatoms. The van der Waals surface area contributed by atoms with Crippen molar-refractivity contribution in [2.75, 3.05) is 6.26 Å². The topological polar surface area (TPSA) is 47.8 Å².